The Balaban J connectivity index is 0.00000288. The molecule has 2 rings (SSSR count). The van der Waals surface area contributed by atoms with Gasteiger partial charge in [0.15, 0.2) is 0 Å². The third-order valence-corrected chi connectivity index (χ3v) is 3.41. The van der Waals surface area contributed by atoms with E-state index in [1.807, 2.05) is 12.1 Å². The predicted molar refractivity (Wildman–Crippen MR) is 98.8 cm³/mol. The first-order valence-corrected chi connectivity index (χ1v) is 7.94. The van der Waals surface area contributed by atoms with Crippen LogP contribution in [0.3, 0.4) is 0 Å². The Kier molecular flexibility index (Phi) is 10.1. The average molecular weight is 352 g/mol. The summed E-state index contributed by atoms with van der Waals surface area (Å²) in [7, 11) is 0. The van der Waals surface area contributed by atoms with Gasteiger partial charge < -0.3 is 19.9 Å². The Morgan fingerprint density at radius 2 is 1.79 bits per heavy atom. The van der Waals surface area contributed by atoms with Crippen LogP contribution in [0.4, 0.5) is 0 Å². The van der Waals surface area contributed by atoms with Crippen LogP contribution in [0.15, 0.2) is 48.5 Å². The molecule has 0 atom stereocenters. The summed E-state index contributed by atoms with van der Waals surface area (Å²) < 4.78 is 11.1. The van der Waals surface area contributed by atoms with Crippen molar-refractivity contribution in [3.8, 4) is 5.75 Å². The van der Waals surface area contributed by atoms with E-state index in [1.54, 1.807) is 0 Å². The fourth-order valence-electron chi connectivity index (χ4n) is 2.14. The van der Waals surface area contributed by atoms with Crippen LogP contribution in [0, 0.1) is 6.92 Å². The minimum Gasteiger partial charge on any atom is -0.489 e. The van der Waals surface area contributed by atoms with Gasteiger partial charge in [0, 0.05) is 13.1 Å². The quantitative estimate of drug-likeness (QED) is 0.646. The number of aryl methyl sites for hydroxylation is 1. The maximum atomic E-state index is 8.62. The van der Waals surface area contributed by atoms with E-state index in [1.165, 1.54) is 16.7 Å². The number of hydrogen-bond donors (Lipinski definition) is 2. The lowest BCUT2D eigenvalue weighted by Crippen LogP contribution is -2.20. The van der Waals surface area contributed by atoms with Crippen LogP contribution in [0.25, 0.3) is 0 Å². The van der Waals surface area contributed by atoms with Crippen LogP contribution in [0.2, 0.25) is 0 Å². The Bertz CT molecular complexity index is 575. The van der Waals surface area contributed by atoms with Crippen LogP contribution < -0.4 is 10.1 Å². The summed E-state index contributed by atoms with van der Waals surface area (Å²) in [5.74, 6) is 0.876. The van der Waals surface area contributed by atoms with Crippen LogP contribution in [0.5, 0.6) is 5.75 Å². The predicted octanol–water partition coefficient (Wildman–Crippen LogP) is 3.09. The van der Waals surface area contributed by atoms with Crippen LogP contribution in [0.1, 0.15) is 16.7 Å². The van der Waals surface area contributed by atoms with Crippen LogP contribution in [-0.2, 0) is 17.9 Å². The molecule has 0 aliphatic rings. The summed E-state index contributed by atoms with van der Waals surface area (Å²) in [4.78, 5) is 0. The SMILES string of the molecule is Cc1ccc(COc2cccc(CNCCOCCO)c2)cc1.Cl. The van der Waals surface area contributed by atoms with Gasteiger partial charge in [0.1, 0.15) is 12.4 Å². The molecule has 0 amide bonds. The lowest BCUT2D eigenvalue weighted by molar-refractivity contribution is 0.0938. The first-order chi connectivity index (χ1) is 11.3. The second-order valence-electron chi connectivity index (χ2n) is 5.43. The molecule has 0 bridgehead atoms. The summed E-state index contributed by atoms with van der Waals surface area (Å²) in [6, 6.07) is 16.5. The van der Waals surface area contributed by atoms with Crippen molar-refractivity contribution in [2.75, 3.05) is 26.4 Å². The second kappa shape index (κ2) is 11.9. The fraction of sp³-hybridized carbons (Fsp3) is 0.368. The normalized spacial score (nSPS) is 10.2. The van der Waals surface area contributed by atoms with Gasteiger partial charge in [0.2, 0.25) is 0 Å². The highest BCUT2D eigenvalue weighted by atomic mass is 35.5. The molecule has 2 aromatic carbocycles. The zero-order valence-corrected chi connectivity index (χ0v) is 14.8. The lowest BCUT2D eigenvalue weighted by atomic mass is 10.2. The van der Waals surface area contributed by atoms with Gasteiger partial charge in [0.05, 0.1) is 19.8 Å². The van der Waals surface area contributed by atoms with Crippen molar-refractivity contribution in [1.82, 2.24) is 5.32 Å². The van der Waals surface area contributed by atoms with Gasteiger partial charge in [0.25, 0.3) is 0 Å². The Morgan fingerprint density at radius 1 is 1.00 bits per heavy atom. The molecule has 0 radical (unpaired) electrons. The number of rotatable bonds is 10. The highest BCUT2D eigenvalue weighted by Gasteiger charge is 1.99. The van der Waals surface area contributed by atoms with E-state index in [2.05, 4.69) is 48.6 Å². The van der Waals surface area contributed by atoms with Crippen molar-refractivity contribution < 1.29 is 14.6 Å². The molecule has 0 saturated carbocycles. The smallest absolute Gasteiger partial charge is 0.120 e. The zero-order chi connectivity index (χ0) is 16.3. The van der Waals surface area contributed by atoms with Crippen molar-refractivity contribution >= 4 is 12.4 Å². The molecular weight excluding hydrogens is 326 g/mol. The van der Waals surface area contributed by atoms with E-state index < -0.39 is 0 Å². The zero-order valence-electron chi connectivity index (χ0n) is 14.0. The largest absolute Gasteiger partial charge is 0.489 e. The topological polar surface area (TPSA) is 50.7 Å². The molecule has 2 N–H and O–H groups in total. The third-order valence-electron chi connectivity index (χ3n) is 3.41. The van der Waals surface area contributed by atoms with Crippen LogP contribution >= 0.6 is 12.4 Å². The molecular formula is C19H26ClNO3. The Labute approximate surface area is 150 Å². The number of aliphatic hydroxyl groups is 1. The Hall–Kier alpha value is -1.59. The molecule has 0 aliphatic carbocycles. The number of halogens is 1. The average Bonchev–Trinajstić information content (AvgIpc) is 2.58. The molecule has 0 aliphatic heterocycles. The number of nitrogens with one attached hydrogen (secondary N) is 1. The molecule has 0 heterocycles. The molecule has 0 spiro atoms. The summed E-state index contributed by atoms with van der Waals surface area (Å²) in [5.41, 5.74) is 3.60. The van der Waals surface area contributed by atoms with Crippen molar-refractivity contribution in [2.45, 2.75) is 20.1 Å². The standard InChI is InChI=1S/C19H25NO3.ClH/c1-16-5-7-17(8-6-16)15-23-19-4-2-3-18(13-19)14-20-9-11-22-12-10-21;/h2-8,13,20-21H,9-12,14-15H2,1H3;1H. The van der Waals surface area contributed by atoms with Crippen molar-refractivity contribution in [3.05, 3.63) is 65.2 Å². The third kappa shape index (κ3) is 7.79. The number of benzene rings is 2. The van der Waals surface area contributed by atoms with E-state index in [-0.39, 0.29) is 19.0 Å². The van der Waals surface area contributed by atoms with Gasteiger partial charge >= 0.3 is 0 Å². The van der Waals surface area contributed by atoms with Gasteiger partial charge in [-0.05, 0) is 30.2 Å². The molecule has 0 saturated heterocycles. The monoisotopic (exact) mass is 351 g/mol. The maximum absolute atomic E-state index is 8.62. The highest BCUT2D eigenvalue weighted by molar-refractivity contribution is 5.85. The van der Waals surface area contributed by atoms with E-state index >= 15 is 0 Å². The number of ether oxygens (including phenoxy) is 2. The number of aliphatic hydroxyl groups excluding tert-OH is 1. The van der Waals surface area contributed by atoms with Crippen molar-refractivity contribution in [3.63, 3.8) is 0 Å². The molecule has 132 valence electrons. The van der Waals surface area contributed by atoms with E-state index in [0.29, 0.717) is 19.8 Å². The van der Waals surface area contributed by atoms with Gasteiger partial charge in [-0.1, -0.05) is 42.0 Å². The summed E-state index contributed by atoms with van der Waals surface area (Å²) in [6.45, 7) is 5.25. The first-order valence-electron chi connectivity index (χ1n) is 7.94. The molecule has 2 aromatic rings. The maximum Gasteiger partial charge on any atom is 0.120 e. The summed E-state index contributed by atoms with van der Waals surface area (Å²) in [6.07, 6.45) is 0. The summed E-state index contributed by atoms with van der Waals surface area (Å²) >= 11 is 0. The second-order valence-corrected chi connectivity index (χ2v) is 5.43. The van der Waals surface area contributed by atoms with Gasteiger partial charge in [-0.2, -0.15) is 0 Å². The van der Waals surface area contributed by atoms with Crippen LogP contribution in [-0.4, -0.2) is 31.5 Å². The van der Waals surface area contributed by atoms with Crippen molar-refractivity contribution in [1.29, 1.82) is 0 Å². The highest BCUT2D eigenvalue weighted by Crippen LogP contribution is 2.15. The minimum atomic E-state index is 0. The fourth-order valence-corrected chi connectivity index (χ4v) is 2.14. The lowest BCUT2D eigenvalue weighted by Gasteiger charge is -2.09. The molecule has 24 heavy (non-hydrogen) atoms. The molecule has 0 aromatic heterocycles. The molecule has 0 unspecified atom stereocenters. The van der Waals surface area contributed by atoms with Gasteiger partial charge in [-0.25, -0.2) is 0 Å². The van der Waals surface area contributed by atoms with Gasteiger partial charge in [-0.15, -0.1) is 12.4 Å². The van der Waals surface area contributed by atoms with Gasteiger partial charge in [-0.3, -0.25) is 0 Å². The molecule has 4 nitrogen and oxygen atoms in total. The Morgan fingerprint density at radius 3 is 2.54 bits per heavy atom. The van der Waals surface area contributed by atoms with E-state index in [0.717, 1.165) is 18.8 Å². The van der Waals surface area contributed by atoms with E-state index in [9.17, 15) is 0 Å². The molecule has 5 heteroatoms. The number of hydrogen-bond acceptors (Lipinski definition) is 4. The molecule has 0 fully saturated rings. The minimum absolute atomic E-state index is 0. The summed E-state index contributed by atoms with van der Waals surface area (Å²) in [5, 5.41) is 11.9. The van der Waals surface area contributed by atoms with Crippen molar-refractivity contribution in [2.24, 2.45) is 0 Å². The van der Waals surface area contributed by atoms with E-state index in [4.69, 9.17) is 14.6 Å². The first kappa shape index (κ1) is 20.5.